The van der Waals surface area contributed by atoms with Gasteiger partial charge in [-0.25, -0.2) is 4.98 Å². The Morgan fingerprint density at radius 1 is 1.04 bits per heavy atom. The quantitative estimate of drug-likeness (QED) is 0.735. The molecule has 0 saturated heterocycles. The number of Topliss-reactive ketones (excluding diaryl/α,β-unsaturated/α-hetero) is 1. The van der Waals surface area contributed by atoms with E-state index in [1.54, 1.807) is 12.4 Å². The second-order valence-corrected chi connectivity index (χ2v) is 5.26. The summed E-state index contributed by atoms with van der Waals surface area (Å²) in [5, 5.41) is 0. The molecule has 0 aliphatic heterocycles. The normalized spacial score (nSPS) is 11.8. The van der Waals surface area contributed by atoms with Crippen molar-refractivity contribution in [1.29, 1.82) is 0 Å². The number of carbonyl (C=O) groups is 1. The van der Waals surface area contributed by atoms with Crippen molar-refractivity contribution >= 4 is 11.4 Å². The molecule has 3 nitrogen and oxygen atoms in total. The predicted octanol–water partition coefficient (Wildman–Crippen LogP) is 3.71. The van der Waals surface area contributed by atoms with E-state index in [0.717, 1.165) is 23.5 Å². The summed E-state index contributed by atoms with van der Waals surface area (Å²) in [4.78, 5) is 16.3. The van der Waals surface area contributed by atoms with Crippen LogP contribution in [0.1, 0.15) is 16.8 Å². The van der Waals surface area contributed by atoms with Gasteiger partial charge in [-0.05, 0) is 29.8 Å². The van der Waals surface area contributed by atoms with Crippen LogP contribution in [-0.2, 0) is 23.8 Å². The Hall–Kier alpha value is -2.63. The van der Waals surface area contributed by atoms with E-state index in [4.69, 9.17) is 0 Å². The van der Waals surface area contributed by atoms with Gasteiger partial charge in [-0.2, -0.15) is 13.2 Å². The fourth-order valence-corrected chi connectivity index (χ4v) is 2.45. The van der Waals surface area contributed by atoms with Crippen molar-refractivity contribution in [2.75, 3.05) is 0 Å². The van der Waals surface area contributed by atoms with Crippen molar-refractivity contribution < 1.29 is 18.0 Å². The van der Waals surface area contributed by atoms with E-state index in [1.807, 2.05) is 22.6 Å². The average Bonchev–Trinajstić information content (AvgIpc) is 2.96. The van der Waals surface area contributed by atoms with Crippen LogP contribution in [0.5, 0.6) is 0 Å². The molecule has 0 saturated carbocycles. The van der Waals surface area contributed by atoms with Crippen LogP contribution in [0.25, 0.3) is 5.65 Å². The molecule has 0 fully saturated rings. The molecule has 1 aromatic carbocycles. The van der Waals surface area contributed by atoms with Gasteiger partial charge in [-0.3, -0.25) is 4.79 Å². The first-order chi connectivity index (χ1) is 10.9. The molecule has 0 bridgehead atoms. The summed E-state index contributed by atoms with van der Waals surface area (Å²) >= 11 is 0. The second kappa shape index (κ2) is 5.87. The standard InChI is InChI=1S/C17H13F3N2O/c18-17(19,20)13-6-4-12(5-7-13)10-15(23)11-14-2-1-3-16-21-8-9-22(14)16/h1-9H,10-11H2. The number of pyridine rings is 1. The third-order valence-electron chi connectivity index (χ3n) is 3.57. The summed E-state index contributed by atoms with van der Waals surface area (Å²) in [7, 11) is 0. The van der Waals surface area contributed by atoms with Gasteiger partial charge in [0.15, 0.2) is 0 Å². The Bertz CT molecular complexity index is 835. The van der Waals surface area contributed by atoms with Crippen molar-refractivity contribution in [3.8, 4) is 0 Å². The van der Waals surface area contributed by atoms with E-state index in [-0.39, 0.29) is 18.6 Å². The lowest BCUT2D eigenvalue weighted by atomic mass is 10.0. The summed E-state index contributed by atoms with van der Waals surface area (Å²) in [6, 6.07) is 10.2. The zero-order valence-corrected chi connectivity index (χ0v) is 12.0. The van der Waals surface area contributed by atoms with Gasteiger partial charge < -0.3 is 4.40 Å². The molecule has 3 rings (SSSR count). The van der Waals surface area contributed by atoms with Gasteiger partial charge in [0.1, 0.15) is 11.4 Å². The van der Waals surface area contributed by atoms with Crippen molar-refractivity contribution in [1.82, 2.24) is 9.38 Å². The van der Waals surface area contributed by atoms with Crippen LogP contribution in [0.15, 0.2) is 54.9 Å². The molecule has 2 aromatic heterocycles. The smallest absolute Gasteiger partial charge is 0.304 e. The molecule has 6 heteroatoms. The maximum atomic E-state index is 12.5. The highest BCUT2D eigenvalue weighted by Gasteiger charge is 2.29. The molecule has 118 valence electrons. The Labute approximate surface area is 130 Å². The Morgan fingerprint density at radius 3 is 2.48 bits per heavy atom. The lowest BCUT2D eigenvalue weighted by molar-refractivity contribution is -0.137. The number of fused-ring (bicyclic) bond motifs is 1. The van der Waals surface area contributed by atoms with Crippen LogP contribution in [0.4, 0.5) is 13.2 Å². The fraction of sp³-hybridized carbons (Fsp3) is 0.176. The zero-order chi connectivity index (χ0) is 16.4. The van der Waals surface area contributed by atoms with Crippen LogP contribution in [0.2, 0.25) is 0 Å². The number of imidazole rings is 1. The number of aromatic nitrogens is 2. The third kappa shape index (κ3) is 3.41. The molecule has 0 N–H and O–H groups in total. The number of hydrogen-bond donors (Lipinski definition) is 0. The van der Waals surface area contributed by atoms with E-state index < -0.39 is 11.7 Å². The average molecular weight is 318 g/mol. The topological polar surface area (TPSA) is 34.4 Å². The number of rotatable bonds is 4. The van der Waals surface area contributed by atoms with Gasteiger partial charge in [0.25, 0.3) is 0 Å². The number of benzene rings is 1. The molecule has 0 aliphatic carbocycles. The Kier molecular flexibility index (Phi) is 3.90. The molecular weight excluding hydrogens is 305 g/mol. The lowest BCUT2D eigenvalue weighted by Crippen LogP contribution is -2.10. The minimum Gasteiger partial charge on any atom is -0.304 e. The summed E-state index contributed by atoms with van der Waals surface area (Å²) in [5.41, 5.74) is 1.42. The van der Waals surface area contributed by atoms with E-state index in [1.165, 1.54) is 12.1 Å². The maximum absolute atomic E-state index is 12.5. The summed E-state index contributed by atoms with van der Waals surface area (Å²) < 4.78 is 39.4. The highest BCUT2D eigenvalue weighted by molar-refractivity contribution is 5.83. The maximum Gasteiger partial charge on any atom is 0.416 e. The Balaban J connectivity index is 1.71. The third-order valence-corrected chi connectivity index (χ3v) is 3.57. The van der Waals surface area contributed by atoms with Crippen molar-refractivity contribution in [3.63, 3.8) is 0 Å². The molecular formula is C17H13F3N2O. The lowest BCUT2D eigenvalue weighted by Gasteiger charge is -2.08. The molecule has 0 radical (unpaired) electrons. The highest BCUT2D eigenvalue weighted by atomic mass is 19.4. The monoisotopic (exact) mass is 318 g/mol. The molecule has 2 heterocycles. The minimum absolute atomic E-state index is 0.0639. The first kappa shape index (κ1) is 15.3. The van der Waals surface area contributed by atoms with Crippen molar-refractivity contribution in [3.05, 3.63) is 71.7 Å². The largest absolute Gasteiger partial charge is 0.416 e. The number of nitrogens with zero attached hydrogens (tertiary/aromatic N) is 2. The van der Waals surface area contributed by atoms with Crippen LogP contribution >= 0.6 is 0 Å². The van der Waals surface area contributed by atoms with Crippen LogP contribution in [-0.4, -0.2) is 15.2 Å². The van der Waals surface area contributed by atoms with Crippen molar-refractivity contribution in [2.45, 2.75) is 19.0 Å². The van der Waals surface area contributed by atoms with Gasteiger partial charge in [0.2, 0.25) is 0 Å². The number of alkyl halides is 3. The highest BCUT2D eigenvalue weighted by Crippen LogP contribution is 2.29. The first-order valence-corrected chi connectivity index (χ1v) is 7.02. The number of hydrogen-bond acceptors (Lipinski definition) is 2. The second-order valence-electron chi connectivity index (χ2n) is 5.26. The van der Waals surface area contributed by atoms with E-state index >= 15 is 0 Å². The Morgan fingerprint density at radius 2 is 1.78 bits per heavy atom. The number of ketones is 1. The van der Waals surface area contributed by atoms with Gasteiger partial charge >= 0.3 is 6.18 Å². The van der Waals surface area contributed by atoms with Crippen LogP contribution in [0, 0.1) is 0 Å². The van der Waals surface area contributed by atoms with Gasteiger partial charge in [-0.15, -0.1) is 0 Å². The van der Waals surface area contributed by atoms with E-state index in [9.17, 15) is 18.0 Å². The van der Waals surface area contributed by atoms with E-state index in [0.29, 0.717) is 5.56 Å². The number of carbonyl (C=O) groups excluding carboxylic acids is 1. The van der Waals surface area contributed by atoms with Gasteiger partial charge in [0, 0.05) is 30.9 Å². The van der Waals surface area contributed by atoms with Gasteiger partial charge in [0.05, 0.1) is 5.56 Å². The van der Waals surface area contributed by atoms with Crippen LogP contribution in [0.3, 0.4) is 0 Å². The van der Waals surface area contributed by atoms with Crippen molar-refractivity contribution in [2.24, 2.45) is 0 Å². The number of halogens is 3. The zero-order valence-electron chi connectivity index (χ0n) is 12.0. The van der Waals surface area contributed by atoms with Crippen LogP contribution < -0.4 is 0 Å². The molecule has 0 amide bonds. The molecule has 0 spiro atoms. The van der Waals surface area contributed by atoms with E-state index in [2.05, 4.69) is 4.98 Å². The summed E-state index contributed by atoms with van der Waals surface area (Å²) in [5.74, 6) is -0.0639. The van der Waals surface area contributed by atoms with Gasteiger partial charge in [-0.1, -0.05) is 18.2 Å². The fourth-order valence-electron chi connectivity index (χ4n) is 2.45. The minimum atomic E-state index is -4.36. The molecule has 3 aromatic rings. The predicted molar refractivity (Wildman–Crippen MR) is 79.1 cm³/mol. The first-order valence-electron chi connectivity index (χ1n) is 7.02. The SMILES string of the molecule is O=C(Cc1ccc(C(F)(F)F)cc1)Cc1cccc2nccn12. The molecule has 0 aliphatic rings. The summed E-state index contributed by atoms with van der Waals surface area (Å²) in [6.45, 7) is 0. The summed E-state index contributed by atoms with van der Waals surface area (Å²) in [6.07, 6.45) is -0.632. The molecule has 0 unspecified atom stereocenters. The molecule has 0 atom stereocenters. The molecule has 23 heavy (non-hydrogen) atoms.